The van der Waals surface area contributed by atoms with Crippen molar-refractivity contribution in [2.75, 3.05) is 39.2 Å². The highest BCUT2D eigenvalue weighted by atomic mass is 35.5. The normalized spacial score (nSPS) is 9.36. The summed E-state index contributed by atoms with van der Waals surface area (Å²) in [6.07, 6.45) is 3.74. The molecule has 0 aliphatic rings. The zero-order valence-electron chi connectivity index (χ0n) is 9.21. The van der Waals surface area contributed by atoms with Gasteiger partial charge in [0.15, 0.2) is 0 Å². The molecule has 0 aliphatic heterocycles. The van der Waals surface area contributed by atoms with E-state index in [0.717, 1.165) is 25.3 Å². The maximum absolute atomic E-state index is 11.4. The average molecular weight is 241 g/mol. The zero-order chi connectivity index (χ0) is 10.1. The van der Waals surface area contributed by atoms with Gasteiger partial charge in [-0.25, -0.2) is 0 Å². The minimum absolute atomic E-state index is 0. The van der Waals surface area contributed by atoms with Crippen LogP contribution in [0.2, 0.25) is 0 Å². The Morgan fingerprint density at radius 2 is 2.14 bits per heavy atom. The molecule has 0 aromatic carbocycles. The van der Waals surface area contributed by atoms with E-state index >= 15 is 0 Å². The summed E-state index contributed by atoms with van der Waals surface area (Å²) in [5.74, 6) is 1.33. The van der Waals surface area contributed by atoms with Crippen LogP contribution >= 0.6 is 24.2 Å². The number of halogens is 1. The summed E-state index contributed by atoms with van der Waals surface area (Å²) >= 11 is 1.79. The minimum atomic E-state index is 0. The highest BCUT2D eigenvalue weighted by Crippen LogP contribution is 2.01. The Kier molecular flexibility index (Phi) is 13.1. The Morgan fingerprint density at radius 1 is 1.50 bits per heavy atom. The number of carbonyl (C=O) groups is 1. The topological polar surface area (TPSA) is 32.3 Å². The second-order valence-corrected chi connectivity index (χ2v) is 4.00. The molecule has 0 aliphatic carbocycles. The highest BCUT2D eigenvalue weighted by molar-refractivity contribution is 7.98. The molecule has 1 N–H and O–H groups in total. The lowest BCUT2D eigenvalue weighted by molar-refractivity contribution is -0.129. The third-order valence-corrected chi connectivity index (χ3v) is 2.56. The van der Waals surface area contributed by atoms with Crippen LogP contribution in [0.4, 0.5) is 0 Å². The molecule has 0 saturated carbocycles. The summed E-state index contributed by atoms with van der Waals surface area (Å²) in [5, 5.41) is 3.02. The average Bonchev–Trinajstić information content (AvgIpc) is 2.14. The smallest absolute Gasteiger partial charge is 0.222 e. The SMILES string of the molecule is CNCCN(C)C(=O)CCCSC.Cl. The van der Waals surface area contributed by atoms with E-state index in [4.69, 9.17) is 0 Å². The molecule has 0 saturated heterocycles. The van der Waals surface area contributed by atoms with Gasteiger partial charge in [-0.15, -0.1) is 12.4 Å². The van der Waals surface area contributed by atoms with Gasteiger partial charge in [-0.1, -0.05) is 0 Å². The lowest BCUT2D eigenvalue weighted by Gasteiger charge is -2.16. The van der Waals surface area contributed by atoms with Gasteiger partial charge >= 0.3 is 0 Å². The third kappa shape index (κ3) is 8.66. The van der Waals surface area contributed by atoms with Crippen molar-refractivity contribution in [3.63, 3.8) is 0 Å². The van der Waals surface area contributed by atoms with Gasteiger partial charge in [0.1, 0.15) is 0 Å². The number of nitrogens with one attached hydrogen (secondary N) is 1. The number of thioether (sulfide) groups is 1. The predicted molar refractivity (Wildman–Crippen MR) is 66.4 cm³/mol. The molecule has 86 valence electrons. The van der Waals surface area contributed by atoms with Crippen LogP contribution in [-0.2, 0) is 4.79 Å². The molecule has 0 aromatic rings. The molecule has 3 nitrogen and oxygen atoms in total. The van der Waals surface area contributed by atoms with E-state index in [1.54, 1.807) is 16.7 Å². The van der Waals surface area contributed by atoms with Crippen LogP contribution in [0.1, 0.15) is 12.8 Å². The van der Waals surface area contributed by atoms with Crippen molar-refractivity contribution in [1.29, 1.82) is 0 Å². The Balaban J connectivity index is 0. The van der Waals surface area contributed by atoms with Crippen molar-refractivity contribution in [2.24, 2.45) is 0 Å². The van der Waals surface area contributed by atoms with Crippen LogP contribution in [-0.4, -0.2) is 50.0 Å². The van der Waals surface area contributed by atoms with Gasteiger partial charge in [0.2, 0.25) is 5.91 Å². The van der Waals surface area contributed by atoms with Crippen LogP contribution < -0.4 is 5.32 Å². The molecule has 0 spiro atoms. The lowest BCUT2D eigenvalue weighted by Crippen LogP contribution is -2.32. The first-order chi connectivity index (χ1) is 6.22. The van der Waals surface area contributed by atoms with E-state index in [1.165, 1.54) is 0 Å². The summed E-state index contributed by atoms with van der Waals surface area (Å²) in [7, 11) is 3.75. The monoisotopic (exact) mass is 240 g/mol. The number of hydrogen-bond donors (Lipinski definition) is 1. The van der Waals surface area contributed by atoms with Gasteiger partial charge in [0.05, 0.1) is 0 Å². The molecule has 0 aromatic heterocycles. The Bertz CT molecular complexity index is 147. The fraction of sp³-hybridized carbons (Fsp3) is 0.889. The molecule has 0 bridgehead atoms. The summed E-state index contributed by atoms with van der Waals surface area (Å²) < 4.78 is 0. The molecule has 1 amide bonds. The fourth-order valence-corrected chi connectivity index (χ4v) is 1.40. The zero-order valence-corrected chi connectivity index (χ0v) is 10.8. The number of hydrogen-bond acceptors (Lipinski definition) is 3. The van der Waals surface area contributed by atoms with Gasteiger partial charge in [0, 0.05) is 26.6 Å². The van der Waals surface area contributed by atoms with E-state index in [1.807, 2.05) is 14.1 Å². The van der Waals surface area contributed by atoms with E-state index < -0.39 is 0 Å². The molecule has 5 heteroatoms. The quantitative estimate of drug-likeness (QED) is 0.680. The van der Waals surface area contributed by atoms with Gasteiger partial charge < -0.3 is 10.2 Å². The third-order valence-electron chi connectivity index (χ3n) is 1.86. The van der Waals surface area contributed by atoms with Crippen molar-refractivity contribution in [1.82, 2.24) is 10.2 Å². The number of amides is 1. The lowest BCUT2D eigenvalue weighted by atomic mass is 10.3. The van der Waals surface area contributed by atoms with Gasteiger partial charge in [-0.05, 0) is 25.5 Å². The largest absolute Gasteiger partial charge is 0.344 e. The van der Waals surface area contributed by atoms with Gasteiger partial charge in [-0.2, -0.15) is 11.8 Å². The van der Waals surface area contributed by atoms with Crippen LogP contribution in [0.5, 0.6) is 0 Å². The van der Waals surface area contributed by atoms with Crippen LogP contribution in [0.15, 0.2) is 0 Å². The summed E-state index contributed by atoms with van der Waals surface area (Å²) in [6, 6.07) is 0. The van der Waals surface area contributed by atoms with Crippen molar-refractivity contribution in [3.8, 4) is 0 Å². The van der Waals surface area contributed by atoms with E-state index in [0.29, 0.717) is 6.42 Å². The van der Waals surface area contributed by atoms with Crippen LogP contribution in [0.25, 0.3) is 0 Å². The molecular weight excluding hydrogens is 220 g/mol. The summed E-state index contributed by atoms with van der Waals surface area (Å²) in [6.45, 7) is 1.67. The van der Waals surface area contributed by atoms with Crippen LogP contribution in [0.3, 0.4) is 0 Å². The first-order valence-corrected chi connectivity index (χ1v) is 5.99. The van der Waals surface area contributed by atoms with E-state index in [9.17, 15) is 4.79 Å². The molecule has 0 radical (unpaired) electrons. The summed E-state index contributed by atoms with van der Waals surface area (Å²) in [4.78, 5) is 13.2. The van der Waals surface area contributed by atoms with Crippen molar-refractivity contribution >= 4 is 30.1 Å². The van der Waals surface area contributed by atoms with E-state index in [-0.39, 0.29) is 18.3 Å². The number of carbonyl (C=O) groups excluding carboxylic acids is 1. The number of nitrogens with zero attached hydrogens (tertiary/aromatic N) is 1. The molecule has 0 heterocycles. The van der Waals surface area contributed by atoms with Gasteiger partial charge in [0.25, 0.3) is 0 Å². The Labute approximate surface area is 97.4 Å². The Morgan fingerprint density at radius 3 is 2.64 bits per heavy atom. The van der Waals surface area contributed by atoms with E-state index in [2.05, 4.69) is 11.6 Å². The first-order valence-electron chi connectivity index (χ1n) is 4.60. The molecule has 0 atom stereocenters. The molecule has 14 heavy (non-hydrogen) atoms. The maximum atomic E-state index is 11.4. The molecule has 0 rings (SSSR count). The first kappa shape index (κ1) is 16.5. The van der Waals surface area contributed by atoms with Crippen molar-refractivity contribution < 1.29 is 4.79 Å². The number of rotatable bonds is 7. The fourth-order valence-electron chi connectivity index (χ4n) is 0.963. The highest BCUT2D eigenvalue weighted by Gasteiger charge is 2.06. The second-order valence-electron chi connectivity index (χ2n) is 3.02. The second kappa shape index (κ2) is 11.1. The standard InChI is InChI=1S/C9H20N2OS.ClH/c1-10-6-7-11(2)9(12)5-4-8-13-3;/h10H,4-8H2,1-3H3;1H. The predicted octanol–water partition coefficient (Wildman–Crippen LogP) is 1.23. The molecule has 0 unspecified atom stereocenters. The van der Waals surface area contributed by atoms with Crippen molar-refractivity contribution in [2.45, 2.75) is 12.8 Å². The van der Waals surface area contributed by atoms with Crippen molar-refractivity contribution in [3.05, 3.63) is 0 Å². The summed E-state index contributed by atoms with van der Waals surface area (Å²) in [5.41, 5.74) is 0. The molecule has 0 fully saturated rings. The molecular formula is C9H21ClN2OS. The van der Waals surface area contributed by atoms with Gasteiger partial charge in [-0.3, -0.25) is 4.79 Å². The Hall–Kier alpha value is 0.0700. The minimum Gasteiger partial charge on any atom is -0.344 e. The maximum Gasteiger partial charge on any atom is 0.222 e. The number of likely N-dealkylation sites (N-methyl/N-ethyl adjacent to an activating group) is 2. The van der Waals surface area contributed by atoms with Crippen LogP contribution in [0, 0.1) is 0 Å².